The SMILES string of the molecule is CCN(CC(=O)O)C1CC(NC(=O)NCC2(SC)CCC2)C1. The maximum Gasteiger partial charge on any atom is 0.317 e. The van der Waals surface area contributed by atoms with Gasteiger partial charge in [0.1, 0.15) is 0 Å². The molecule has 0 aromatic carbocycles. The molecule has 2 amide bonds. The predicted octanol–water partition coefficient (Wildman–Crippen LogP) is 1.51. The maximum atomic E-state index is 11.9. The van der Waals surface area contributed by atoms with Crippen molar-refractivity contribution in [3.63, 3.8) is 0 Å². The lowest BCUT2D eigenvalue weighted by Crippen LogP contribution is -2.57. The zero-order valence-corrected chi connectivity index (χ0v) is 14.2. The van der Waals surface area contributed by atoms with E-state index in [-0.39, 0.29) is 29.4 Å². The van der Waals surface area contributed by atoms with Gasteiger partial charge in [0.2, 0.25) is 0 Å². The Morgan fingerprint density at radius 2 is 2.05 bits per heavy atom. The van der Waals surface area contributed by atoms with Crippen LogP contribution in [0.2, 0.25) is 0 Å². The number of carbonyl (C=O) groups excluding carboxylic acids is 1. The largest absolute Gasteiger partial charge is 0.480 e. The van der Waals surface area contributed by atoms with E-state index in [9.17, 15) is 9.59 Å². The third-order valence-corrected chi connectivity index (χ3v) is 6.40. The molecule has 6 nitrogen and oxygen atoms in total. The van der Waals surface area contributed by atoms with Gasteiger partial charge in [0.25, 0.3) is 0 Å². The number of likely N-dealkylation sites (N-methyl/N-ethyl adjacent to an activating group) is 1. The van der Waals surface area contributed by atoms with Crippen LogP contribution in [0, 0.1) is 0 Å². The smallest absolute Gasteiger partial charge is 0.317 e. The van der Waals surface area contributed by atoms with E-state index in [0.717, 1.165) is 25.9 Å². The molecule has 0 aliphatic heterocycles. The van der Waals surface area contributed by atoms with Crippen LogP contribution in [0.4, 0.5) is 4.79 Å². The average molecular weight is 329 g/mol. The molecule has 3 N–H and O–H groups in total. The Labute approximate surface area is 136 Å². The highest BCUT2D eigenvalue weighted by atomic mass is 32.2. The molecule has 0 aromatic rings. The molecule has 0 heterocycles. The van der Waals surface area contributed by atoms with Gasteiger partial charge in [0.05, 0.1) is 6.54 Å². The first-order valence-electron chi connectivity index (χ1n) is 8.03. The second kappa shape index (κ2) is 7.55. The Hall–Kier alpha value is -0.950. The van der Waals surface area contributed by atoms with Crippen LogP contribution in [0.25, 0.3) is 0 Å². The molecule has 0 unspecified atom stereocenters. The Balaban J connectivity index is 1.64. The van der Waals surface area contributed by atoms with Crippen molar-refractivity contribution in [3.8, 4) is 0 Å². The summed E-state index contributed by atoms with van der Waals surface area (Å²) in [6, 6.07) is 0.347. The lowest BCUT2D eigenvalue weighted by molar-refractivity contribution is -0.139. The number of rotatable bonds is 8. The molecule has 126 valence electrons. The lowest BCUT2D eigenvalue weighted by Gasteiger charge is -2.43. The standard InChI is InChI=1S/C15H27N3O3S/c1-3-18(9-13(19)20)12-7-11(8-12)17-14(21)16-10-15(22-2)5-4-6-15/h11-12H,3-10H2,1-2H3,(H,19,20)(H2,16,17,21). The number of nitrogens with one attached hydrogen (secondary N) is 2. The quantitative estimate of drug-likeness (QED) is 0.629. The van der Waals surface area contributed by atoms with E-state index in [0.29, 0.717) is 0 Å². The molecule has 7 heteroatoms. The van der Waals surface area contributed by atoms with Crippen LogP contribution in [0.15, 0.2) is 0 Å². The highest BCUT2D eigenvalue weighted by Crippen LogP contribution is 2.42. The van der Waals surface area contributed by atoms with Crippen molar-refractivity contribution >= 4 is 23.8 Å². The highest BCUT2D eigenvalue weighted by molar-refractivity contribution is 8.00. The first kappa shape index (κ1) is 17.4. The minimum absolute atomic E-state index is 0.0797. The topological polar surface area (TPSA) is 81.7 Å². The average Bonchev–Trinajstić information content (AvgIpc) is 2.39. The van der Waals surface area contributed by atoms with Crippen molar-refractivity contribution in [2.45, 2.75) is 55.9 Å². The van der Waals surface area contributed by atoms with Gasteiger partial charge in [-0.1, -0.05) is 13.3 Å². The molecular weight excluding hydrogens is 302 g/mol. The Morgan fingerprint density at radius 3 is 2.50 bits per heavy atom. The molecular formula is C15H27N3O3S. The summed E-state index contributed by atoms with van der Waals surface area (Å²) in [5, 5.41) is 14.8. The molecule has 2 saturated carbocycles. The Kier molecular flexibility index (Phi) is 5.97. The Bertz CT molecular complexity index is 403. The molecule has 0 aromatic heterocycles. The van der Waals surface area contributed by atoms with Gasteiger partial charge in [-0.05, 0) is 38.5 Å². The molecule has 2 rings (SSSR count). The number of hydrogen-bond acceptors (Lipinski definition) is 4. The molecule has 0 bridgehead atoms. The van der Waals surface area contributed by atoms with Gasteiger partial charge in [-0.15, -0.1) is 0 Å². The van der Waals surface area contributed by atoms with Gasteiger partial charge in [0, 0.05) is 23.4 Å². The molecule has 0 saturated heterocycles. The lowest BCUT2D eigenvalue weighted by atomic mass is 9.84. The molecule has 0 atom stereocenters. The van der Waals surface area contributed by atoms with E-state index in [1.54, 1.807) is 0 Å². The fourth-order valence-corrected chi connectivity index (χ4v) is 4.09. The summed E-state index contributed by atoms with van der Waals surface area (Å²) >= 11 is 1.85. The normalized spacial score (nSPS) is 26.0. The van der Waals surface area contributed by atoms with E-state index in [2.05, 4.69) is 16.9 Å². The minimum atomic E-state index is -0.793. The van der Waals surface area contributed by atoms with Crippen LogP contribution >= 0.6 is 11.8 Å². The maximum absolute atomic E-state index is 11.9. The fourth-order valence-electron chi connectivity index (χ4n) is 3.18. The van der Waals surface area contributed by atoms with Crippen LogP contribution in [0.3, 0.4) is 0 Å². The molecule has 2 aliphatic carbocycles. The third kappa shape index (κ3) is 4.29. The third-order valence-electron chi connectivity index (χ3n) is 4.98. The van der Waals surface area contributed by atoms with Gasteiger partial charge >= 0.3 is 12.0 Å². The second-order valence-corrected chi connectivity index (χ2v) is 7.62. The molecule has 0 radical (unpaired) electrons. The summed E-state index contributed by atoms with van der Waals surface area (Å²) in [4.78, 5) is 24.7. The first-order chi connectivity index (χ1) is 10.5. The number of carbonyl (C=O) groups is 2. The summed E-state index contributed by atoms with van der Waals surface area (Å²) in [6.45, 7) is 3.51. The number of carboxylic acids is 1. The van der Waals surface area contributed by atoms with Crippen molar-refractivity contribution < 1.29 is 14.7 Å². The Morgan fingerprint density at radius 1 is 1.36 bits per heavy atom. The number of aliphatic carboxylic acids is 1. The number of nitrogens with zero attached hydrogens (tertiary/aromatic N) is 1. The van der Waals surface area contributed by atoms with Gasteiger partial charge in [0.15, 0.2) is 0 Å². The number of carboxylic acid groups (broad SMARTS) is 1. The van der Waals surface area contributed by atoms with E-state index in [1.165, 1.54) is 19.3 Å². The van der Waals surface area contributed by atoms with E-state index in [4.69, 9.17) is 5.11 Å². The first-order valence-corrected chi connectivity index (χ1v) is 9.26. The molecule has 2 fully saturated rings. The molecule has 2 aliphatic rings. The molecule has 22 heavy (non-hydrogen) atoms. The van der Waals surface area contributed by atoms with Crippen molar-refractivity contribution in [1.82, 2.24) is 15.5 Å². The van der Waals surface area contributed by atoms with E-state index >= 15 is 0 Å². The zero-order chi connectivity index (χ0) is 16.2. The zero-order valence-electron chi connectivity index (χ0n) is 13.4. The minimum Gasteiger partial charge on any atom is -0.480 e. The van der Waals surface area contributed by atoms with Crippen molar-refractivity contribution in [1.29, 1.82) is 0 Å². The van der Waals surface area contributed by atoms with Crippen LogP contribution in [0.5, 0.6) is 0 Å². The number of urea groups is 1. The van der Waals surface area contributed by atoms with E-state index < -0.39 is 5.97 Å². The summed E-state index contributed by atoms with van der Waals surface area (Å²) in [5.74, 6) is -0.793. The van der Waals surface area contributed by atoms with Crippen LogP contribution < -0.4 is 10.6 Å². The van der Waals surface area contributed by atoms with Gasteiger partial charge < -0.3 is 15.7 Å². The van der Waals surface area contributed by atoms with Crippen LogP contribution in [-0.4, -0.2) is 64.7 Å². The molecule has 0 spiro atoms. The highest BCUT2D eigenvalue weighted by Gasteiger charge is 2.37. The summed E-state index contributed by atoms with van der Waals surface area (Å²) in [5.41, 5.74) is 0. The van der Waals surface area contributed by atoms with E-state index in [1.807, 2.05) is 23.6 Å². The number of amides is 2. The van der Waals surface area contributed by atoms with Crippen LogP contribution in [-0.2, 0) is 4.79 Å². The van der Waals surface area contributed by atoms with Gasteiger partial charge in [-0.3, -0.25) is 9.69 Å². The van der Waals surface area contributed by atoms with Crippen molar-refractivity contribution in [2.75, 3.05) is 25.9 Å². The predicted molar refractivity (Wildman–Crippen MR) is 88.3 cm³/mol. The summed E-state index contributed by atoms with van der Waals surface area (Å²) < 4.78 is 0.250. The number of hydrogen-bond donors (Lipinski definition) is 3. The number of thioether (sulfide) groups is 1. The van der Waals surface area contributed by atoms with Crippen molar-refractivity contribution in [3.05, 3.63) is 0 Å². The second-order valence-electron chi connectivity index (χ2n) is 6.35. The fraction of sp³-hybridized carbons (Fsp3) is 0.867. The summed E-state index contributed by atoms with van der Waals surface area (Å²) in [6.07, 6.45) is 7.40. The monoisotopic (exact) mass is 329 g/mol. The van der Waals surface area contributed by atoms with Gasteiger partial charge in [-0.2, -0.15) is 11.8 Å². The van der Waals surface area contributed by atoms with Gasteiger partial charge in [-0.25, -0.2) is 4.79 Å². The summed E-state index contributed by atoms with van der Waals surface area (Å²) in [7, 11) is 0. The van der Waals surface area contributed by atoms with Crippen LogP contribution in [0.1, 0.15) is 39.0 Å². The van der Waals surface area contributed by atoms with Crippen molar-refractivity contribution in [2.24, 2.45) is 0 Å².